The topological polar surface area (TPSA) is 127 Å². The monoisotopic (exact) mass is 513 g/mol. The number of carbonyl (C=O) groups excluding carboxylic acids is 4. The van der Waals surface area contributed by atoms with Crippen LogP contribution in [0.1, 0.15) is 46.2 Å². The number of aldehydes is 1. The van der Waals surface area contributed by atoms with Crippen molar-refractivity contribution in [3.8, 4) is 0 Å². The summed E-state index contributed by atoms with van der Waals surface area (Å²) in [5.41, 5.74) is 6.64. The van der Waals surface area contributed by atoms with Crippen LogP contribution >= 0.6 is 11.6 Å². The second kappa shape index (κ2) is 10.5. The Morgan fingerprint density at radius 1 is 1.31 bits per heavy atom. The van der Waals surface area contributed by atoms with Gasteiger partial charge in [-0.15, -0.1) is 0 Å². The smallest absolute Gasteiger partial charge is 0.269 e. The van der Waals surface area contributed by atoms with Crippen LogP contribution in [-0.4, -0.2) is 57.2 Å². The molecule has 0 saturated heterocycles. The van der Waals surface area contributed by atoms with Gasteiger partial charge >= 0.3 is 0 Å². The lowest BCUT2D eigenvalue weighted by Crippen LogP contribution is -2.49. The number of aromatic nitrogens is 2. The summed E-state index contributed by atoms with van der Waals surface area (Å²) in [6, 6.07) is 8.51. The van der Waals surface area contributed by atoms with Crippen molar-refractivity contribution in [2.75, 3.05) is 6.54 Å². The highest BCUT2D eigenvalue weighted by Crippen LogP contribution is 2.29. The van der Waals surface area contributed by atoms with Gasteiger partial charge in [0.15, 0.2) is 11.5 Å². The molecule has 1 heterocycles. The molecule has 1 aromatic heterocycles. The lowest BCUT2D eigenvalue weighted by atomic mass is 10.1. The number of ketones is 1. The molecule has 9 nitrogen and oxygen atoms in total. The summed E-state index contributed by atoms with van der Waals surface area (Å²) in [5, 5.41) is 7.63. The second-order valence-electron chi connectivity index (χ2n) is 8.74. The first-order valence-electron chi connectivity index (χ1n) is 11.4. The number of hydrogen-bond acceptors (Lipinski definition) is 6. The fourth-order valence-electron chi connectivity index (χ4n) is 4.17. The fourth-order valence-corrected chi connectivity index (χ4v) is 4.37. The van der Waals surface area contributed by atoms with E-state index in [0.717, 1.165) is 12.8 Å². The van der Waals surface area contributed by atoms with E-state index in [1.54, 1.807) is 24.3 Å². The van der Waals surface area contributed by atoms with E-state index in [4.69, 9.17) is 17.3 Å². The highest BCUT2D eigenvalue weighted by Gasteiger charge is 2.37. The van der Waals surface area contributed by atoms with Crippen molar-refractivity contribution in [1.82, 2.24) is 20.0 Å². The predicted molar refractivity (Wildman–Crippen MR) is 131 cm³/mol. The van der Waals surface area contributed by atoms with E-state index >= 15 is 0 Å². The molecule has 1 aliphatic carbocycles. The molecule has 1 unspecified atom stereocenters. The van der Waals surface area contributed by atoms with Crippen molar-refractivity contribution in [2.45, 2.75) is 44.9 Å². The quantitative estimate of drug-likeness (QED) is 0.299. The van der Waals surface area contributed by atoms with E-state index in [1.165, 1.54) is 28.6 Å². The van der Waals surface area contributed by atoms with Gasteiger partial charge in [0.1, 0.15) is 24.7 Å². The lowest BCUT2D eigenvalue weighted by molar-refractivity contribution is -0.137. The maximum absolute atomic E-state index is 14.2. The average molecular weight is 514 g/mol. The molecule has 2 aromatic carbocycles. The van der Waals surface area contributed by atoms with Crippen molar-refractivity contribution in [1.29, 1.82) is 0 Å². The molecule has 2 amide bonds. The molecule has 3 N–H and O–H groups in total. The minimum atomic E-state index is -0.783. The molecular formula is C25H25ClFN5O4. The van der Waals surface area contributed by atoms with Crippen LogP contribution in [0.15, 0.2) is 36.4 Å². The highest BCUT2D eigenvalue weighted by atomic mass is 35.5. The van der Waals surface area contributed by atoms with E-state index in [9.17, 15) is 23.6 Å². The second-order valence-corrected chi connectivity index (χ2v) is 9.15. The molecule has 0 radical (unpaired) electrons. The number of primary amides is 1. The molecule has 3 aromatic rings. The van der Waals surface area contributed by atoms with E-state index in [2.05, 4.69) is 10.4 Å². The van der Waals surface area contributed by atoms with Gasteiger partial charge < -0.3 is 20.7 Å². The molecule has 1 saturated carbocycles. The fraction of sp³-hybridized carbons (Fsp3) is 0.320. The standard InChI is InChI=1S/C25H25ClFN5O4/c1-14(34)15-5-8-21-19(9-15)24(25(28)36)30-31(21)12-22(35)32(17-6-7-17)18(13-33)11-29-10-16-3-2-4-20(26)23(16)27/h2-5,8-9,13,17-18,29H,6-7,10-12H2,1H3,(H2,28,36). The Balaban J connectivity index is 1.53. The van der Waals surface area contributed by atoms with Crippen molar-refractivity contribution >= 4 is 46.4 Å². The zero-order valence-corrected chi connectivity index (χ0v) is 20.3. The van der Waals surface area contributed by atoms with E-state index in [-0.39, 0.29) is 48.1 Å². The van der Waals surface area contributed by atoms with Crippen molar-refractivity contribution in [3.63, 3.8) is 0 Å². The zero-order valence-electron chi connectivity index (χ0n) is 19.5. The number of halogens is 2. The Labute approximate surface area is 211 Å². The zero-order chi connectivity index (χ0) is 26.0. The third kappa shape index (κ3) is 5.29. The number of rotatable bonds is 11. The minimum Gasteiger partial charge on any atom is -0.364 e. The number of nitrogens with two attached hydrogens (primary N) is 1. The molecule has 36 heavy (non-hydrogen) atoms. The Kier molecular flexibility index (Phi) is 7.46. The summed E-state index contributed by atoms with van der Waals surface area (Å²) in [6.07, 6.45) is 2.20. The Hall–Kier alpha value is -3.63. The van der Waals surface area contributed by atoms with Crippen LogP contribution in [0.5, 0.6) is 0 Å². The first-order chi connectivity index (χ1) is 17.2. The summed E-state index contributed by atoms with van der Waals surface area (Å²) in [6.45, 7) is 1.42. The summed E-state index contributed by atoms with van der Waals surface area (Å²) in [4.78, 5) is 50.6. The summed E-state index contributed by atoms with van der Waals surface area (Å²) in [5.74, 6) is -1.86. The van der Waals surface area contributed by atoms with Gasteiger partial charge in [0.25, 0.3) is 5.91 Å². The number of benzene rings is 2. The van der Waals surface area contributed by atoms with Crippen LogP contribution in [0.3, 0.4) is 0 Å². The van der Waals surface area contributed by atoms with Gasteiger partial charge in [-0.05, 0) is 44.0 Å². The largest absolute Gasteiger partial charge is 0.364 e. The molecule has 0 spiro atoms. The van der Waals surface area contributed by atoms with Crippen LogP contribution < -0.4 is 11.1 Å². The lowest BCUT2D eigenvalue weighted by Gasteiger charge is -2.28. The molecule has 1 fully saturated rings. The maximum atomic E-state index is 14.2. The molecule has 4 rings (SSSR count). The number of Topliss-reactive ketones (excluding diaryl/α,β-unsaturated/α-hetero) is 1. The summed E-state index contributed by atoms with van der Waals surface area (Å²) in [7, 11) is 0. The van der Waals surface area contributed by atoms with Crippen LogP contribution in [0.2, 0.25) is 5.02 Å². The first-order valence-corrected chi connectivity index (χ1v) is 11.8. The summed E-state index contributed by atoms with van der Waals surface area (Å²) < 4.78 is 15.5. The highest BCUT2D eigenvalue weighted by molar-refractivity contribution is 6.30. The molecule has 1 aliphatic rings. The number of amides is 2. The molecular weight excluding hydrogens is 489 g/mol. The van der Waals surface area contributed by atoms with E-state index < -0.39 is 17.8 Å². The van der Waals surface area contributed by atoms with Crippen LogP contribution in [-0.2, 0) is 22.7 Å². The Morgan fingerprint density at radius 2 is 2.06 bits per heavy atom. The van der Waals surface area contributed by atoms with Crippen molar-refractivity contribution in [3.05, 3.63) is 64.1 Å². The van der Waals surface area contributed by atoms with Gasteiger partial charge in [-0.3, -0.25) is 19.1 Å². The molecule has 1 atom stereocenters. The average Bonchev–Trinajstić information content (AvgIpc) is 3.61. The van der Waals surface area contributed by atoms with Crippen LogP contribution in [0.4, 0.5) is 4.39 Å². The van der Waals surface area contributed by atoms with Gasteiger partial charge in [-0.2, -0.15) is 5.10 Å². The molecule has 0 bridgehead atoms. The van der Waals surface area contributed by atoms with Gasteiger partial charge in [-0.1, -0.05) is 23.7 Å². The molecule has 0 aliphatic heterocycles. The number of fused-ring (bicyclic) bond motifs is 1. The molecule has 188 valence electrons. The number of nitrogens with zero attached hydrogens (tertiary/aromatic N) is 3. The first kappa shape index (κ1) is 25.5. The number of nitrogens with one attached hydrogen (secondary N) is 1. The van der Waals surface area contributed by atoms with E-state index in [1.807, 2.05) is 0 Å². The van der Waals surface area contributed by atoms with Crippen LogP contribution in [0, 0.1) is 5.82 Å². The third-order valence-corrected chi connectivity index (χ3v) is 6.41. The predicted octanol–water partition coefficient (Wildman–Crippen LogP) is 2.48. The van der Waals surface area contributed by atoms with Crippen molar-refractivity contribution < 1.29 is 23.6 Å². The minimum absolute atomic E-state index is 0.00762. The third-order valence-electron chi connectivity index (χ3n) is 6.12. The number of hydrogen-bond donors (Lipinski definition) is 2. The summed E-state index contributed by atoms with van der Waals surface area (Å²) >= 11 is 5.82. The Morgan fingerprint density at radius 3 is 2.69 bits per heavy atom. The Bertz CT molecular complexity index is 1350. The van der Waals surface area contributed by atoms with Gasteiger partial charge in [-0.25, -0.2) is 4.39 Å². The van der Waals surface area contributed by atoms with E-state index in [0.29, 0.717) is 28.3 Å². The van der Waals surface area contributed by atoms with Gasteiger partial charge in [0, 0.05) is 35.6 Å². The normalized spacial score (nSPS) is 14.0. The van der Waals surface area contributed by atoms with Gasteiger partial charge in [0.05, 0.1) is 10.5 Å². The number of carbonyl (C=O) groups is 4. The van der Waals surface area contributed by atoms with Crippen molar-refractivity contribution in [2.24, 2.45) is 5.73 Å². The maximum Gasteiger partial charge on any atom is 0.269 e. The SMILES string of the molecule is CC(=O)c1ccc2c(c1)c(C(N)=O)nn2CC(=O)N(C(C=O)CNCc1cccc(Cl)c1F)C1CC1. The van der Waals surface area contributed by atoms with Gasteiger partial charge in [0.2, 0.25) is 5.91 Å². The van der Waals surface area contributed by atoms with Crippen LogP contribution in [0.25, 0.3) is 10.9 Å². The molecule has 11 heteroatoms.